The average Bonchev–Trinajstić information content (AvgIpc) is 3.53. The topological polar surface area (TPSA) is 99.3 Å². The van der Waals surface area contributed by atoms with Gasteiger partial charge in [0.15, 0.2) is 5.11 Å². The molecule has 154 valence electrons. The number of anilines is 1. The van der Waals surface area contributed by atoms with Gasteiger partial charge in [0, 0.05) is 17.8 Å². The molecule has 1 aliphatic carbocycles. The smallest absolute Gasteiger partial charge is 0.269 e. The van der Waals surface area contributed by atoms with Gasteiger partial charge in [-0.3, -0.25) is 15.6 Å². The molecule has 1 aliphatic rings. The summed E-state index contributed by atoms with van der Waals surface area (Å²) in [6.45, 7) is 4.40. The standard InChI is InChI=1S/C20H24N4O3S2/c1-13-5-3-8-18(14(13)2)22-20(28)24-23-19(25)16-6-4-7-17(11-16)29(26,27)21-12-15-9-10-15/h3-8,11,15,21H,9-10,12H2,1-2H3,(H,23,25)(H2,22,24,28). The first-order chi connectivity index (χ1) is 13.8. The molecule has 1 fully saturated rings. The highest BCUT2D eigenvalue weighted by Gasteiger charge is 2.24. The second kappa shape index (κ2) is 8.89. The van der Waals surface area contributed by atoms with Crippen molar-refractivity contribution in [3.8, 4) is 0 Å². The lowest BCUT2D eigenvalue weighted by molar-refractivity contribution is 0.0944. The summed E-state index contributed by atoms with van der Waals surface area (Å²) < 4.78 is 27.3. The number of benzene rings is 2. The van der Waals surface area contributed by atoms with E-state index in [1.807, 2.05) is 32.0 Å². The van der Waals surface area contributed by atoms with Crippen LogP contribution in [-0.2, 0) is 10.0 Å². The third-order valence-electron chi connectivity index (χ3n) is 4.81. The number of carbonyl (C=O) groups is 1. The number of hydrogen-bond acceptors (Lipinski definition) is 4. The maximum atomic E-state index is 12.4. The zero-order valence-corrected chi connectivity index (χ0v) is 17.9. The molecule has 0 aromatic heterocycles. The molecule has 3 rings (SSSR count). The summed E-state index contributed by atoms with van der Waals surface area (Å²) in [5, 5.41) is 3.25. The van der Waals surface area contributed by atoms with Crippen LogP contribution in [0.2, 0.25) is 0 Å². The van der Waals surface area contributed by atoms with Gasteiger partial charge in [0.25, 0.3) is 5.91 Å². The Labute approximate surface area is 176 Å². The van der Waals surface area contributed by atoms with Gasteiger partial charge in [0.2, 0.25) is 10.0 Å². The Balaban J connectivity index is 1.59. The Morgan fingerprint density at radius 3 is 2.55 bits per heavy atom. The second-order valence-electron chi connectivity index (χ2n) is 7.10. The molecule has 0 atom stereocenters. The predicted octanol–water partition coefficient (Wildman–Crippen LogP) is 2.62. The van der Waals surface area contributed by atoms with Gasteiger partial charge in [0.1, 0.15) is 0 Å². The van der Waals surface area contributed by atoms with E-state index in [9.17, 15) is 13.2 Å². The lowest BCUT2D eigenvalue weighted by Crippen LogP contribution is -2.43. The van der Waals surface area contributed by atoms with Crippen molar-refractivity contribution in [3.05, 3.63) is 59.2 Å². The summed E-state index contributed by atoms with van der Waals surface area (Å²) >= 11 is 5.21. The molecule has 2 aromatic carbocycles. The van der Waals surface area contributed by atoms with Crippen LogP contribution in [0, 0.1) is 19.8 Å². The third-order valence-corrected chi connectivity index (χ3v) is 6.43. The maximum absolute atomic E-state index is 12.4. The SMILES string of the molecule is Cc1cccc(NC(=S)NNC(=O)c2cccc(S(=O)(=O)NCC3CC3)c2)c1C. The molecular weight excluding hydrogens is 408 g/mol. The molecule has 2 aromatic rings. The Bertz CT molecular complexity index is 1030. The van der Waals surface area contributed by atoms with Crippen molar-refractivity contribution in [3.63, 3.8) is 0 Å². The number of rotatable bonds is 6. The van der Waals surface area contributed by atoms with E-state index in [2.05, 4.69) is 20.9 Å². The Morgan fingerprint density at radius 2 is 1.83 bits per heavy atom. The van der Waals surface area contributed by atoms with Crippen LogP contribution in [0.25, 0.3) is 0 Å². The van der Waals surface area contributed by atoms with Gasteiger partial charge in [-0.05, 0) is 80.2 Å². The van der Waals surface area contributed by atoms with Crippen LogP contribution in [0.1, 0.15) is 34.3 Å². The lowest BCUT2D eigenvalue weighted by Gasteiger charge is -2.14. The van der Waals surface area contributed by atoms with Crippen molar-refractivity contribution in [1.29, 1.82) is 0 Å². The van der Waals surface area contributed by atoms with E-state index in [0.29, 0.717) is 12.5 Å². The van der Waals surface area contributed by atoms with Crippen LogP contribution >= 0.6 is 12.2 Å². The van der Waals surface area contributed by atoms with Crippen molar-refractivity contribution >= 4 is 38.9 Å². The van der Waals surface area contributed by atoms with E-state index in [4.69, 9.17) is 12.2 Å². The number of hydrogen-bond donors (Lipinski definition) is 4. The van der Waals surface area contributed by atoms with Gasteiger partial charge >= 0.3 is 0 Å². The minimum atomic E-state index is -3.64. The number of nitrogens with one attached hydrogen (secondary N) is 4. The average molecular weight is 433 g/mol. The Kier molecular flexibility index (Phi) is 6.51. The van der Waals surface area contributed by atoms with Crippen molar-refractivity contribution in [2.45, 2.75) is 31.6 Å². The van der Waals surface area contributed by atoms with Gasteiger partial charge in [-0.2, -0.15) is 0 Å². The highest BCUT2D eigenvalue weighted by molar-refractivity contribution is 7.89. The third kappa shape index (κ3) is 5.75. The summed E-state index contributed by atoms with van der Waals surface area (Å²) in [5.41, 5.74) is 8.35. The lowest BCUT2D eigenvalue weighted by atomic mass is 10.1. The first-order valence-electron chi connectivity index (χ1n) is 9.29. The molecule has 0 bridgehead atoms. The summed E-state index contributed by atoms with van der Waals surface area (Å²) in [6, 6.07) is 11.7. The normalized spacial score (nSPS) is 13.6. The van der Waals surface area contributed by atoms with Crippen LogP contribution in [-0.4, -0.2) is 26.0 Å². The highest BCUT2D eigenvalue weighted by atomic mass is 32.2. The second-order valence-corrected chi connectivity index (χ2v) is 9.28. The zero-order valence-electron chi connectivity index (χ0n) is 16.3. The number of aryl methyl sites for hydroxylation is 1. The summed E-state index contributed by atoms with van der Waals surface area (Å²) in [6.07, 6.45) is 2.10. The van der Waals surface area contributed by atoms with Gasteiger partial charge in [-0.1, -0.05) is 18.2 Å². The summed E-state index contributed by atoms with van der Waals surface area (Å²) in [4.78, 5) is 12.5. The molecule has 9 heteroatoms. The molecule has 0 spiro atoms. The quantitative estimate of drug-likeness (QED) is 0.414. The van der Waals surface area contributed by atoms with E-state index >= 15 is 0 Å². The molecule has 1 saturated carbocycles. The van der Waals surface area contributed by atoms with Crippen LogP contribution in [0.4, 0.5) is 5.69 Å². The fourth-order valence-electron chi connectivity index (χ4n) is 2.66. The van der Waals surface area contributed by atoms with Crippen molar-refractivity contribution < 1.29 is 13.2 Å². The number of carbonyl (C=O) groups excluding carboxylic acids is 1. The predicted molar refractivity (Wildman–Crippen MR) is 117 cm³/mol. The van der Waals surface area contributed by atoms with Gasteiger partial charge in [0.05, 0.1) is 4.90 Å². The first kappa shape index (κ1) is 21.2. The van der Waals surface area contributed by atoms with Crippen LogP contribution in [0.3, 0.4) is 0 Å². The van der Waals surface area contributed by atoms with E-state index < -0.39 is 15.9 Å². The van der Waals surface area contributed by atoms with Crippen LogP contribution in [0.15, 0.2) is 47.4 Å². The van der Waals surface area contributed by atoms with E-state index in [1.54, 1.807) is 0 Å². The van der Waals surface area contributed by atoms with Crippen molar-refractivity contribution in [2.75, 3.05) is 11.9 Å². The van der Waals surface area contributed by atoms with E-state index in [1.165, 1.54) is 24.3 Å². The number of hydrazine groups is 1. The molecule has 0 unspecified atom stereocenters. The molecule has 4 N–H and O–H groups in total. The molecule has 0 heterocycles. The van der Waals surface area contributed by atoms with Gasteiger partial charge in [-0.15, -0.1) is 0 Å². The molecular formula is C20H24N4O3S2. The summed E-state index contributed by atoms with van der Waals surface area (Å²) in [5.74, 6) is -0.0691. The van der Waals surface area contributed by atoms with Crippen molar-refractivity contribution in [2.24, 2.45) is 5.92 Å². The number of thiocarbonyl (C=S) groups is 1. The Morgan fingerprint density at radius 1 is 1.10 bits per heavy atom. The first-order valence-corrected chi connectivity index (χ1v) is 11.2. The fourth-order valence-corrected chi connectivity index (χ4v) is 3.99. The molecule has 0 radical (unpaired) electrons. The highest BCUT2D eigenvalue weighted by Crippen LogP contribution is 2.28. The number of sulfonamides is 1. The molecule has 7 nitrogen and oxygen atoms in total. The van der Waals surface area contributed by atoms with E-state index in [0.717, 1.165) is 29.7 Å². The largest absolute Gasteiger partial charge is 0.331 e. The van der Waals surface area contributed by atoms with Crippen molar-refractivity contribution in [1.82, 2.24) is 15.6 Å². The Hall–Kier alpha value is -2.49. The molecule has 0 saturated heterocycles. The zero-order chi connectivity index (χ0) is 21.0. The number of amides is 1. The van der Waals surface area contributed by atoms with Crippen LogP contribution in [0.5, 0.6) is 0 Å². The van der Waals surface area contributed by atoms with Gasteiger partial charge < -0.3 is 5.32 Å². The molecule has 1 amide bonds. The monoisotopic (exact) mass is 432 g/mol. The van der Waals surface area contributed by atoms with E-state index in [-0.39, 0.29) is 15.6 Å². The molecule has 0 aliphatic heterocycles. The molecule has 29 heavy (non-hydrogen) atoms. The van der Waals surface area contributed by atoms with Crippen LogP contribution < -0.4 is 20.9 Å². The minimum absolute atomic E-state index is 0.0573. The maximum Gasteiger partial charge on any atom is 0.269 e. The fraction of sp³-hybridized carbons (Fsp3) is 0.300. The summed E-state index contributed by atoms with van der Waals surface area (Å²) in [7, 11) is -3.64. The minimum Gasteiger partial charge on any atom is -0.331 e. The van der Waals surface area contributed by atoms with Gasteiger partial charge in [-0.25, -0.2) is 13.1 Å².